The van der Waals surface area contributed by atoms with Crippen LogP contribution in [0.2, 0.25) is 0 Å². The fourth-order valence-corrected chi connectivity index (χ4v) is 4.11. The third-order valence-electron chi connectivity index (χ3n) is 5.59. The van der Waals surface area contributed by atoms with Crippen molar-refractivity contribution in [2.75, 3.05) is 25.6 Å². The molecule has 1 atom stereocenters. The maximum absolute atomic E-state index is 13.3. The second-order valence-electron chi connectivity index (χ2n) is 7.46. The molecular formula is C24H23N3O6. The molecule has 0 bridgehead atoms. The number of nitrogens with zero attached hydrogens (tertiary/aromatic N) is 1. The van der Waals surface area contributed by atoms with Gasteiger partial charge >= 0.3 is 18.0 Å². The Kier molecular flexibility index (Phi) is 6.12. The molecule has 1 aromatic heterocycles. The lowest BCUT2D eigenvalue weighted by Crippen LogP contribution is -2.47. The third-order valence-corrected chi connectivity index (χ3v) is 5.59. The van der Waals surface area contributed by atoms with Gasteiger partial charge in [0.1, 0.15) is 6.04 Å². The highest BCUT2D eigenvalue weighted by molar-refractivity contribution is 6.36. The van der Waals surface area contributed by atoms with Gasteiger partial charge in [-0.2, -0.15) is 0 Å². The lowest BCUT2D eigenvalue weighted by molar-refractivity contribution is -0.155. The molecule has 1 aliphatic heterocycles. The third kappa shape index (κ3) is 4.05. The zero-order valence-electron chi connectivity index (χ0n) is 18.2. The van der Waals surface area contributed by atoms with Crippen LogP contribution in [-0.2, 0) is 25.5 Å². The Bertz CT molecular complexity index is 1250. The second kappa shape index (κ2) is 9.15. The van der Waals surface area contributed by atoms with E-state index in [-0.39, 0.29) is 24.4 Å². The van der Waals surface area contributed by atoms with Gasteiger partial charge < -0.3 is 24.7 Å². The van der Waals surface area contributed by atoms with Crippen LogP contribution in [0.15, 0.2) is 48.5 Å². The highest BCUT2D eigenvalue weighted by atomic mass is 16.5. The van der Waals surface area contributed by atoms with Gasteiger partial charge in [-0.05, 0) is 37.1 Å². The smallest absolute Gasteiger partial charge is 0.377 e. The van der Waals surface area contributed by atoms with Crippen LogP contribution < -0.4 is 5.32 Å². The largest absolute Gasteiger partial charge is 0.465 e. The van der Waals surface area contributed by atoms with Crippen LogP contribution in [0.4, 0.5) is 10.5 Å². The molecular weight excluding hydrogens is 426 g/mol. The standard InChI is InChI=1S/C24H23N3O6/c1-3-33-23(30)21(28)20-19-15(14-8-4-6-10-17(14)25-19)12-13-27(20)24(31)26-18-11-7-5-9-16(18)22(29)32-2/h4-11,20,25H,3,12-13H2,1-2H3,(H,26,31). The van der Waals surface area contributed by atoms with E-state index in [9.17, 15) is 19.2 Å². The first-order chi connectivity index (χ1) is 16.0. The van der Waals surface area contributed by atoms with E-state index in [1.807, 2.05) is 24.3 Å². The number of carbonyl (C=O) groups is 4. The van der Waals surface area contributed by atoms with E-state index < -0.39 is 29.8 Å². The average molecular weight is 449 g/mol. The zero-order valence-corrected chi connectivity index (χ0v) is 18.2. The molecule has 0 saturated carbocycles. The monoisotopic (exact) mass is 449 g/mol. The number of H-pyrrole nitrogens is 1. The predicted octanol–water partition coefficient (Wildman–Crippen LogP) is 3.22. The highest BCUT2D eigenvalue weighted by Gasteiger charge is 2.41. The number of urea groups is 1. The number of hydrogen-bond acceptors (Lipinski definition) is 6. The fraction of sp³-hybridized carbons (Fsp3) is 0.250. The number of methoxy groups -OCH3 is 1. The number of fused-ring (bicyclic) bond motifs is 3. The molecule has 170 valence electrons. The van der Waals surface area contributed by atoms with Gasteiger partial charge in [0.15, 0.2) is 0 Å². The average Bonchev–Trinajstić information content (AvgIpc) is 3.21. The van der Waals surface area contributed by atoms with Crippen LogP contribution in [0.5, 0.6) is 0 Å². The zero-order chi connectivity index (χ0) is 23.5. The molecule has 0 radical (unpaired) electrons. The summed E-state index contributed by atoms with van der Waals surface area (Å²) in [7, 11) is 1.25. The minimum absolute atomic E-state index is 0.0373. The van der Waals surface area contributed by atoms with Crippen molar-refractivity contribution in [3.63, 3.8) is 0 Å². The van der Waals surface area contributed by atoms with Crippen LogP contribution >= 0.6 is 0 Å². The van der Waals surface area contributed by atoms with Gasteiger partial charge in [0.25, 0.3) is 5.78 Å². The number of hydrogen-bond donors (Lipinski definition) is 2. The van der Waals surface area contributed by atoms with Gasteiger partial charge in [-0.15, -0.1) is 0 Å². The number of rotatable bonds is 5. The van der Waals surface area contributed by atoms with Crippen molar-refractivity contribution >= 4 is 40.3 Å². The summed E-state index contributed by atoms with van der Waals surface area (Å²) < 4.78 is 9.71. The summed E-state index contributed by atoms with van der Waals surface area (Å²) in [6.45, 7) is 1.83. The van der Waals surface area contributed by atoms with Gasteiger partial charge in [-0.1, -0.05) is 30.3 Å². The Labute approximate surface area is 189 Å². The molecule has 0 saturated heterocycles. The number of amides is 2. The molecule has 2 N–H and O–H groups in total. The Morgan fingerprint density at radius 1 is 1.09 bits per heavy atom. The van der Waals surface area contributed by atoms with Crippen molar-refractivity contribution < 1.29 is 28.7 Å². The van der Waals surface area contributed by atoms with Crippen molar-refractivity contribution in [2.45, 2.75) is 19.4 Å². The summed E-state index contributed by atoms with van der Waals surface area (Å²) in [6.07, 6.45) is 0.484. The first-order valence-electron chi connectivity index (χ1n) is 10.5. The number of Topliss-reactive ketones (excluding diaryl/α,β-unsaturated/α-hetero) is 1. The van der Waals surface area contributed by atoms with Crippen LogP contribution in [0.3, 0.4) is 0 Å². The molecule has 3 aromatic rings. The minimum Gasteiger partial charge on any atom is -0.465 e. The topological polar surface area (TPSA) is 118 Å². The maximum Gasteiger partial charge on any atom is 0.377 e. The van der Waals surface area contributed by atoms with Crippen molar-refractivity contribution in [1.29, 1.82) is 0 Å². The lowest BCUT2D eigenvalue weighted by atomic mass is 9.95. The maximum atomic E-state index is 13.3. The van der Waals surface area contributed by atoms with E-state index in [1.54, 1.807) is 25.1 Å². The van der Waals surface area contributed by atoms with E-state index >= 15 is 0 Å². The normalized spacial score (nSPS) is 15.0. The molecule has 2 amide bonds. The van der Waals surface area contributed by atoms with Crippen molar-refractivity contribution in [3.8, 4) is 0 Å². The van der Waals surface area contributed by atoms with Gasteiger partial charge in [-0.3, -0.25) is 4.79 Å². The molecule has 2 aromatic carbocycles. The number of carbonyl (C=O) groups excluding carboxylic acids is 4. The summed E-state index contributed by atoms with van der Waals surface area (Å²) in [5.74, 6) is -2.47. The Morgan fingerprint density at radius 3 is 2.58 bits per heavy atom. The van der Waals surface area contributed by atoms with Crippen molar-refractivity contribution in [1.82, 2.24) is 9.88 Å². The Hall–Kier alpha value is -4.14. The first kappa shape index (κ1) is 22.1. The number of aromatic nitrogens is 1. The summed E-state index contributed by atoms with van der Waals surface area (Å²) in [6, 6.07) is 12.1. The number of para-hydroxylation sites is 2. The quantitative estimate of drug-likeness (QED) is 0.456. The van der Waals surface area contributed by atoms with E-state index in [0.717, 1.165) is 16.5 Å². The summed E-state index contributed by atoms with van der Waals surface area (Å²) in [4.78, 5) is 55.4. The summed E-state index contributed by atoms with van der Waals surface area (Å²) >= 11 is 0. The van der Waals surface area contributed by atoms with Gasteiger partial charge in [-0.25, -0.2) is 14.4 Å². The van der Waals surface area contributed by atoms with E-state index in [4.69, 9.17) is 9.47 Å². The molecule has 1 aliphatic rings. The fourth-order valence-electron chi connectivity index (χ4n) is 4.11. The van der Waals surface area contributed by atoms with E-state index in [2.05, 4.69) is 10.3 Å². The van der Waals surface area contributed by atoms with Crippen LogP contribution in [0.1, 0.15) is 34.6 Å². The Balaban J connectivity index is 1.72. The first-order valence-corrected chi connectivity index (χ1v) is 10.5. The number of aromatic amines is 1. The number of esters is 2. The number of nitrogens with one attached hydrogen (secondary N) is 2. The molecule has 1 unspecified atom stereocenters. The minimum atomic E-state index is -1.19. The molecule has 2 heterocycles. The number of benzene rings is 2. The van der Waals surface area contributed by atoms with Gasteiger partial charge in [0.05, 0.1) is 30.7 Å². The van der Waals surface area contributed by atoms with Crippen molar-refractivity contribution in [2.24, 2.45) is 0 Å². The predicted molar refractivity (Wildman–Crippen MR) is 120 cm³/mol. The van der Waals surface area contributed by atoms with Crippen LogP contribution in [0, 0.1) is 0 Å². The molecule has 9 heteroatoms. The molecule has 0 spiro atoms. The van der Waals surface area contributed by atoms with Gasteiger partial charge in [0.2, 0.25) is 0 Å². The molecule has 33 heavy (non-hydrogen) atoms. The summed E-state index contributed by atoms with van der Waals surface area (Å²) in [5, 5.41) is 3.62. The van der Waals surface area contributed by atoms with Crippen LogP contribution in [-0.4, -0.2) is 53.9 Å². The second-order valence-corrected chi connectivity index (χ2v) is 7.46. The molecule has 9 nitrogen and oxygen atoms in total. The SMILES string of the molecule is CCOC(=O)C(=O)C1c2[nH]c3ccccc3c2CCN1C(=O)Nc1ccccc1C(=O)OC. The number of ether oxygens (including phenoxy) is 2. The highest BCUT2D eigenvalue weighted by Crippen LogP contribution is 2.35. The van der Waals surface area contributed by atoms with Crippen molar-refractivity contribution in [3.05, 3.63) is 65.4 Å². The molecule has 0 fully saturated rings. The van der Waals surface area contributed by atoms with Gasteiger partial charge in [0, 0.05) is 17.4 Å². The number of anilines is 1. The molecule has 4 rings (SSSR count). The lowest BCUT2D eigenvalue weighted by Gasteiger charge is -2.34. The summed E-state index contributed by atoms with van der Waals surface area (Å²) in [5.41, 5.74) is 2.58. The molecule has 0 aliphatic carbocycles. The van der Waals surface area contributed by atoms with E-state index in [0.29, 0.717) is 12.1 Å². The number of ketones is 1. The van der Waals surface area contributed by atoms with Crippen LogP contribution in [0.25, 0.3) is 10.9 Å². The van der Waals surface area contributed by atoms with E-state index in [1.165, 1.54) is 18.1 Å². The Morgan fingerprint density at radius 2 is 1.82 bits per heavy atom.